The monoisotopic (exact) mass is 452 g/mol. The third-order valence-corrected chi connectivity index (χ3v) is 7.27. The minimum Gasteiger partial charge on any atom is -0.282 e. The highest BCUT2D eigenvalue weighted by molar-refractivity contribution is 7.90. The zero-order valence-corrected chi connectivity index (χ0v) is 17.5. The van der Waals surface area contributed by atoms with Gasteiger partial charge in [0.25, 0.3) is 30.4 Å². The van der Waals surface area contributed by atoms with E-state index in [0.717, 1.165) is 0 Å². The molecule has 2 rings (SSSR count). The predicted octanol–water partition coefficient (Wildman–Crippen LogP) is 2.48. The molecule has 0 saturated carbocycles. The molecule has 3 N–H and O–H groups in total. The van der Waals surface area contributed by atoms with Gasteiger partial charge >= 0.3 is 0 Å². The summed E-state index contributed by atoms with van der Waals surface area (Å²) in [7, 11) is -16.1. The summed E-state index contributed by atoms with van der Waals surface area (Å²) >= 11 is 0. The van der Waals surface area contributed by atoms with Gasteiger partial charge in [-0.25, -0.2) is 0 Å². The molecular weight excluding hydrogens is 432 g/mol. The largest absolute Gasteiger partial charge is 0.297 e. The second-order valence-corrected chi connectivity index (χ2v) is 10.3. The van der Waals surface area contributed by atoms with Crippen molar-refractivity contribution >= 4 is 41.1 Å². The first-order valence-corrected chi connectivity index (χ1v) is 12.6. The summed E-state index contributed by atoms with van der Waals surface area (Å²) in [5.41, 5.74) is 0.379. The van der Waals surface area contributed by atoms with Gasteiger partial charge in [0.2, 0.25) is 0 Å². The fourth-order valence-corrected chi connectivity index (χ4v) is 7.02. The van der Waals surface area contributed by atoms with Crippen LogP contribution in [0.15, 0.2) is 32.9 Å². The van der Waals surface area contributed by atoms with Crippen molar-refractivity contribution in [2.45, 2.75) is 54.2 Å². The molecule has 0 amide bonds. The molecule has 0 aliphatic rings. The van der Waals surface area contributed by atoms with Crippen molar-refractivity contribution in [1.29, 1.82) is 0 Å². The molecule has 28 heavy (non-hydrogen) atoms. The van der Waals surface area contributed by atoms with E-state index in [1.54, 1.807) is 13.0 Å². The van der Waals surface area contributed by atoms with Crippen LogP contribution in [0.4, 0.5) is 0 Å². The number of hydrogen-bond donors (Lipinski definition) is 3. The topological polar surface area (TPSA) is 163 Å². The van der Waals surface area contributed by atoms with Gasteiger partial charge in [0, 0.05) is 5.39 Å². The van der Waals surface area contributed by atoms with E-state index < -0.39 is 45.0 Å². The fraction of sp³-hybridized carbons (Fsp3) is 0.375. The van der Waals surface area contributed by atoms with E-state index in [1.165, 1.54) is 12.1 Å². The molecule has 12 heteroatoms. The number of benzene rings is 2. The van der Waals surface area contributed by atoms with Crippen LogP contribution >= 0.6 is 0 Å². The maximum Gasteiger partial charge on any atom is 0.297 e. The first-order valence-electron chi connectivity index (χ1n) is 8.28. The van der Waals surface area contributed by atoms with Crippen molar-refractivity contribution in [3.63, 3.8) is 0 Å². The molecule has 2 aromatic rings. The minimum absolute atomic E-state index is 0.0272. The van der Waals surface area contributed by atoms with Crippen molar-refractivity contribution in [1.82, 2.24) is 0 Å². The molecule has 9 nitrogen and oxygen atoms in total. The second-order valence-electron chi connectivity index (χ2n) is 6.23. The molecule has 156 valence electrons. The maximum atomic E-state index is 12.1. The van der Waals surface area contributed by atoms with Crippen molar-refractivity contribution in [3.05, 3.63) is 29.3 Å². The third kappa shape index (κ3) is 4.21. The van der Waals surface area contributed by atoms with Gasteiger partial charge in [-0.3, -0.25) is 13.7 Å². The Morgan fingerprint density at radius 1 is 0.714 bits per heavy atom. The Kier molecular flexibility index (Phi) is 6.24. The lowest BCUT2D eigenvalue weighted by Gasteiger charge is -2.20. The molecule has 2 aromatic carbocycles. The highest BCUT2D eigenvalue weighted by atomic mass is 32.2. The van der Waals surface area contributed by atoms with Gasteiger partial charge in [0.05, 0.1) is 0 Å². The van der Waals surface area contributed by atoms with Crippen LogP contribution in [0.1, 0.15) is 37.8 Å². The Morgan fingerprint density at radius 3 is 1.64 bits per heavy atom. The average molecular weight is 453 g/mol. The van der Waals surface area contributed by atoms with E-state index >= 15 is 0 Å². The van der Waals surface area contributed by atoms with Crippen LogP contribution in [0.5, 0.6) is 0 Å². The van der Waals surface area contributed by atoms with Gasteiger partial charge in [-0.2, -0.15) is 25.3 Å². The van der Waals surface area contributed by atoms with Crippen molar-refractivity contribution in [2.75, 3.05) is 0 Å². The van der Waals surface area contributed by atoms with E-state index in [1.807, 2.05) is 6.92 Å². The Labute approximate surface area is 163 Å². The first kappa shape index (κ1) is 22.7. The minimum atomic E-state index is -5.47. The SMILES string of the molecule is CCCc1cccc2c(S(=O)(=O)O)c(S(=O)(=O)O)c(S(=O)(=O)O)c(CCC)c12. The molecule has 0 unspecified atom stereocenters. The first-order chi connectivity index (χ1) is 12.7. The molecule has 0 fully saturated rings. The van der Waals surface area contributed by atoms with Gasteiger partial charge in [-0.05, 0) is 29.4 Å². The van der Waals surface area contributed by atoms with E-state index in [2.05, 4.69) is 0 Å². The number of aryl methyl sites for hydroxylation is 2. The van der Waals surface area contributed by atoms with Gasteiger partial charge in [0.1, 0.15) is 14.7 Å². The summed E-state index contributed by atoms with van der Waals surface area (Å²) in [4.78, 5) is -4.07. The van der Waals surface area contributed by atoms with Gasteiger partial charge in [-0.15, -0.1) is 0 Å². The van der Waals surface area contributed by atoms with Crippen molar-refractivity contribution in [2.24, 2.45) is 0 Å². The lowest BCUT2D eigenvalue weighted by molar-refractivity contribution is 0.456. The number of rotatable bonds is 7. The fourth-order valence-electron chi connectivity index (χ4n) is 3.35. The molecular formula is C16H20O9S3. The van der Waals surface area contributed by atoms with Crippen LogP contribution in [0, 0.1) is 0 Å². The summed E-state index contributed by atoms with van der Waals surface area (Å²) in [5.74, 6) is 0. The van der Waals surface area contributed by atoms with E-state index in [-0.39, 0.29) is 22.8 Å². The lowest BCUT2D eigenvalue weighted by atomic mass is 9.94. The molecule has 0 atom stereocenters. The highest BCUT2D eigenvalue weighted by Crippen LogP contribution is 2.41. The lowest BCUT2D eigenvalue weighted by Crippen LogP contribution is -2.18. The molecule has 0 aliphatic carbocycles. The standard InChI is InChI=1S/C16H20O9S3/c1-3-6-10-8-5-9-12-13(10)11(7-4-2)14(26(17,18)19)16(28(23,24)25)15(12)27(20,21)22/h5,8-9H,3-4,6-7H2,1-2H3,(H,17,18,19)(H,20,21,22)(H,23,24,25). The van der Waals surface area contributed by atoms with Crippen LogP contribution < -0.4 is 0 Å². The van der Waals surface area contributed by atoms with E-state index in [4.69, 9.17) is 0 Å². The zero-order chi connectivity index (χ0) is 21.5. The van der Waals surface area contributed by atoms with Crippen molar-refractivity contribution < 1.29 is 38.9 Å². The van der Waals surface area contributed by atoms with Crippen LogP contribution in [-0.2, 0) is 43.2 Å². The second kappa shape index (κ2) is 7.69. The Bertz CT molecular complexity index is 1240. The molecule has 0 spiro atoms. The van der Waals surface area contributed by atoms with Crippen molar-refractivity contribution in [3.8, 4) is 0 Å². The van der Waals surface area contributed by atoms with Gasteiger partial charge in [-0.1, -0.05) is 44.9 Å². The Morgan fingerprint density at radius 2 is 1.21 bits per heavy atom. The smallest absolute Gasteiger partial charge is 0.282 e. The summed E-state index contributed by atoms with van der Waals surface area (Å²) in [6, 6.07) is 4.25. The Hall–Kier alpha value is -1.57. The maximum absolute atomic E-state index is 12.1. The molecule has 0 aliphatic heterocycles. The average Bonchev–Trinajstić information content (AvgIpc) is 2.51. The molecule has 0 saturated heterocycles. The summed E-state index contributed by atoms with van der Waals surface area (Å²) < 4.78 is 101. The quantitative estimate of drug-likeness (QED) is 0.535. The van der Waals surface area contributed by atoms with Crippen LogP contribution in [0.2, 0.25) is 0 Å². The predicted molar refractivity (Wildman–Crippen MR) is 101 cm³/mol. The number of hydrogen-bond acceptors (Lipinski definition) is 6. The number of fused-ring (bicyclic) bond motifs is 1. The molecule has 0 radical (unpaired) electrons. The normalized spacial score (nSPS) is 13.2. The summed E-state index contributed by atoms with van der Waals surface area (Å²) in [6.07, 6.45) is 1.30. The van der Waals surface area contributed by atoms with E-state index in [0.29, 0.717) is 24.8 Å². The third-order valence-electron chi connectivity index (χ3n) is 4.18. The highest BCUT2D eigenvalue weighted by Gasteiger charge is 2.37. The van der Waals surface area contributed by atoms with Crippen LogP contribution in [-0.4, -0.2) is 38.9 Å². The summed E-state index contributed by atoms with van der Waals surface area (Å²) in [6.45, 7) is 3.50. The molecule has 0 heterocycles. The molecule has 0 bridgehead atoms. The van der Waals surface area contributed by atoms with Gasteiger partial charge in [0.15, 0.2) is 0 Å². The van der Waals surface area contributed by atoms with Gasteiger partial charge < -0.3 is 0 Å². The zero-order valence-electron chi connectivity index (χ0n) is 15.1. The summed E-state index contributed by atoms with van der Waals surface area (Å²) in [5, 5.41) is -0.143. The van der Waals surface area contributed by atoms with E-state index in [9.17, 15) is 38.9 Å². The van der Waals surface area contributed by atoms with Crippen LogP contribution in [0.3, 0.4) is 0 Å². The van der Waals surface area contributed by atoms with Crippen LogP contribution in [0.25, 0.3) is 10.8 Å². The Balaban J connectivity index is 3.45. The molecule has 0 aromatic heterocycles.